The summed E-state index contributed by atoms with van der Waals surface area (Å²) in [6.07, 6.45) is 1.65. The molecule has 22 heavy (non-hydrogen) atoms. The van der Waals surface area contributed by atoms with Crippen molar-refractivity contribution < 1.29 is 4.42 Å². The maximum Gasteiger partial charge on any atom is 0.147 e. The van der Waals surface area contributed by atoms with Gasteiger partial charge in [0.25, 0.3) is 0 Å². The van der Waals surface area contributed by atoms with Crippen LogP contribution in [0, 0.1) is 6.92 Å². The second kappa shape index (κ2) is 6.50. The zero-order valence-corrected chi connectivity index (χ0v) is 12.8. The Kier molecular flexibility index (Phi) is 4.26. The van der Waals surface area contributed by atoms with E-state index in [0.29, 0.717) is 5.76 Å². The number of benzene rings is 2. The van der Waals surface area contributed by atoms with E-state index in [-0.39, 0.29) is 0 Å². The number of hydrogen-bond donors (Lipinski definition) is 1. The Balaban J connectivity index is 1.72. The van der Waals surface area contributed by atoms with E-state index >= 15 is 0 Å². The average molecular weight is 311 g/mol. The molecule has 2 aromatic carbocycles. The fraction of sp³-hybridized carbons (Fsp3) is 0.0556. The highest BCUT2D eigenvalue weighted by atomic mass is 35.5. The molecule has 1 heterocycles. The van der Waals surface area contributed by atoms with Crippen molar-refractivity contribution in [1.29, 1.82) is 0 Å². The van der Waals surface area contributed by atoms with E-state index in [0.717, 1.165) is 27.6 Å². The van der Waals surface area contributed by atoms with Crippen LogP contribution < -0.4 is 5.43 Å². The zero-order valence-electron chi connectivity index (χ0n) is 12.1. The Labute approximate surface area is 134 Å². The Morgan fingerprint density at radius 1 is 1.05 bits per heavy atom. The first-order chi connectivity index (χ1) is 10.7. The number of hydrogen-bond acceptors (Lipinski definition) is 3. The SMILES string of the molecule is Cc1ccc(-c2ccc(/C=N\Nc3ccccc3)o2)cc1Cl. The van der Waals surface area contributed by atoms with Gasteiger partial charge in [-0.25, -0.2) is 0 Å². The smallest absolute Gasteiger partial charge is 0.147 e. The van der Waals surface area contributed by atoms with Gasteiger partial charge in [-0.05, 0) is 42.8 Å². The fourth-order valence-electron chi connectivity index (χ4n) is 2.01. The van der Waals surface area contributed by atoms with Crippen LogP contribution in [-0.2, 0) is 0 Å². The van der Waals surface area contributed by atoms with E-state index in [1.807, 2.05) is 67.6 Å². The number of rotatable bonds is 4. The van der Waals surface area contributed by atoms with Gasteiger partial charge < -0.3 is 4.42 Å². The van der Waals surface area contributed by atoms with E-state index in [1.165, 1.54) is 0 Å². The lowest BCUT2D eigenvalue weighted by Gasteiger charge is -2.00. The summed E-state index contributed by atoms with van der Waals surface area (Å²) in [5.74, 6) is 1.44. The van der Waals surface area contributed by atoms with Crippen LogP contribution in [-0.4, -0.2) is 6.21 Å². The summed E-state index contributed by atoms with van der Waals surface area (Å²) in [7, 11) is 0. The average Bonchev–Trinajstić information content (AvgIpc) is 3.00. The third-order valence-electron chi connectivity index (χ3n) is 3.24. The van der Waals surface area contributed by atoms with Crippen LogP contribution in [0.2, 0.25) is 5.02 Å². The van der Waals surface area contributed by atoms with Gasteiger partial charge in [-0.1, -0.05) is 41.9 Å². The molecule has 0 bridgehead atoms. The number of nitrogens with zero attached hydrogens (tertiary/aromatic N) is 1. The van der Waals surface area contributed by atoms with Gasteiger partial charge in [0.1, 0.15) is 11.5 Å². The molecule has 4 heteroatoms. The first-order valence-electron chi connectivity index (χ1n) is 6.93. The summed E-state index contributed by atoms with van der Waals surface area (Å²) in [4.78, 5) is 0. The van der Waals surface area contributed by atoms with Crippen molar-refractivity contribution in [3.63, 3.8) is 0 Å². The van der Waals surface area contributed by atoms with Crippen LogP contribution >= 0.6 is 11.6 Å². The van der Waals surface area contributed by atoms with Crippen LogP contribution in [0.1, 0.15) is 11.3 Å². The van der Waals surface area contributed by atoms with Crippen molar-refractivity contribution in [2.75, 3.05) is 5.43 Å². The van der Waals surface area contributed by atoms with Crippen molar-refractivity contribution in [2.45, 2.75) is 6.92 Å². The molecule has 110 valence electrons. The molecule has 1 N–H and O–H groups in total. The second-order valence-corrected chi connectivity index (χ2v) is 5.31. The minimum absolute atomic E-state index is 0.676. The molecule has 0 saturated heterocycles. The number of furan rings is 1. The Morgan fingerprint density at radius 3 is 2.64 bits per heavy atom. The first-order valence-corrected chi connectivity index (χ1v) is 7.31. The maximum atomic E-state index is 6.14. The summed E-state index contributed by atoms with van der Waals surface area (Å²) in [5.41, 5.74) is 5.87. The lowest BCUT2D eigenvalue weighted by Crippen LogP contribution is -1.88. The summed E-state index contributed by atoms with van der Waals surface area (Å²) >= 11 is 6.14. The molecule has 0 fully saturated rings. The number of aryl methyl sites for hydroxylation is 1. The highest BCUT2D eigenvalue weighted by Crippen LogP contribution is 2.26. The molecule has 0 radical (unpaired) electrons. The molecule has 3 rings (SSSR count). The molecule has 0 amide bonds. The number of halogens is 1. The van der Waals surface area contributed by atoms with E-state index in [1.54, 1.807) is 6.21 Å². The predicted molar refractivity (Wildman–Crippen MR) is 91.5 cm³/mol. The zero-order chi connectivity index (χ0) is 15.4. The lowest BCUT2D eigenvalue weighted by molar-refractivity contribution is 0.575. The molecule has 3 aromatic rings. The van der Waals surface area contributed by atoms with E-state index in [9.17, 15) is 0 Å². The van der Waals surface area contributed by atoms with Gasteiger partial charge in [0.2, 0.25) is 0 Å². The van der Waals surface area contributed by atoms with Crippen molar-refractivity contribution in [3.8, 4) is 11.3 Å². The maximum absolute atomic E-state index is 6.14. The lowest BCUT2D eigenvalue weighted by atomic mass is 10.1. The topological polar surface area (TPSA) is 37.5 Å². The molecule has 0 spiro atoms. The van der Waals surface area contributed by atoms with Gasteiger partial charge in [-0.3, -0.25) is 5.43 Å². The van der Waals surface area contributed by atoms with Crippen LogP contribution in [0.15, 0.2) is 70.2 Å². The quantitative estimate of drug-likeness (QED) is 0.520. The Bertz CT molecular complexity index is 794. The molecule has 0 aliphatic carbocycles. The third-order valence-corrected chi connectivity index (χ3v) is 3.65. The van der Waals surface area contributed by atoms with E-state index < -0.39 is 0 Å². The predicted octanol–water partition coefficient (Wildman–Crippen LogP) is 5.35. The summed E-state index contributed by atoms with van der Waals surface area (Å²) in [5, 5.41) is 4.89. The molecule has 0 saturated carbocycles. The van der Waals surface area contributed by atoms with E-state index in [4.69, 9.17) is 16.0 Å². The second-order valence-electron chi connectivity index (χ2n) is 4.90. The van der Waals surface area contributed by atoms with E-state index in [2.05, 4.69) is 10.5 Å². The van der Waals surface area contributed by atoms with Gasteiger partial charge in [0.05, 0.1) is 11.9 Å². The molecular weight excluding hydrogens is 296 g/mol. The largest absolute Gasteiger partial charge is 0.455 e. The minimum atomic E-state index is 0.676. The van der Waals surface area contributed by atoms with Crippen LogP contribution in [0.4, 0.5) is 5.69 Å². The van der Waals surface area contributed by atoms with Crippen LogP contribution in [0.5, 0.6) is 0 Å². The molecule has 1 aromatic heterocycles. The molecular formula is C18H15ClN2O. The van der Waals surface area contributed by atoms with Gasteiger partial charge in [-0.2, -0.15) is 5.10 Å². The van der Waals surface area contributed by atoms with Gasteiger partial charge in [0, 0.05) is 10.6 Å². The Morgan fingerprint density at radius 2 is 1.86 bits per heavy atom. The van der Waals surface area contributed by atoms with Crippen LogP contribution in [0.25, 0.3) is 11.3 Å². The summed E-state index contributed by atoms with van der Waals surface area (Å²) < 4.78 is 5.75. The van der Waals surface area contributed by atoms with Gasteiger partial charge in [0.15, 0.2) is 0 Å². The van der Waals surface area contributed by atoms with Gasteiger partial charge in [-0.15, -0.1) is 0 Å². The molecule has 0 aliphatic heterocycles. The fourth-order valence-corrected chi connectivity index (χ4v) is 2.19. The molecule has 0 atom stereocenters. The highest BCUT2D eigenvalue weighted by Gasteiger charge is 2.05. The Hall–Kier alpha value is -2.52. The normalized spacial score (nSPS) is 11.0. The van der Waals surface area contributed by atoms with Crippen molar-refractivity contribution in [2.24, 2.45) is 5.10 Å². The number of nitrogens with one attached hydrogen (secondary N) is 1. The van der Waals surface area contributed by atoms with Crippen molar-refractivity contribution in [1.82, 2.24) is 0 Å². The molecule has 3 nitrogen and oxygen atoms in total. The standard InChI is InChI=1S/C18H15ClN2O/c1-13-7-8-14(11-17(13)19)18-10-9-16(22-18)12-20-21-15-5-3-2-4-6-15/h2-12,21H,1H3/b20-12-. The first kappa shape index (κ1) is 14.4. The number of anilines is 1. The van der Waals surface area contributed by atoms with Crippen molar-refractivity contribution >= 4 is 23.5 Å². The summed E-state index contributed by atoms with van der Waals surface area (Å²) in [6.45, 7) is 1.97. The minimum Gasteiger partial charge on any atom is -0.455 e. The summed E-state index contributed by atoms with van der Waals surface area (Å²) in [6, 6.07) is 19.4. The molecule has 0 aliphatic rings. The van der Waals surface area contributed by atoms with Crippen molar-refractivity contribution in [3.05, 3.63) is 77.0 Å². The number of hydrazone groups is 1. The molecule has 0 unspecified atom stereocenters. The van der Waals surface area contributed by atoms with Gasteiger partial charge >= 0.3 is 0 Å². The van der Waals surface area contributed by atoms with Crippen LogP contribution in [0.3, 0.4) is 0 Å². The monoisotopic (exact) mass is 310 g/mol. The third kappa shape index (κ3) is 3.38. The highest BCUT2D eigenvalue weighted by molar-refractivity contribution is 6.31. The number of para-hydroxylation sites is 1.